The highest BCUT2D eigenvalue weighted by Crippen LogP contribution is 2.41. The maximum Gasteiger partial charge on any atom is 0.434 e. The number of furan rings is 1. The SMILES string of the molecule is O=C(OC(C(F)(F)F)C(F)(F)F)N1CCC2(CCCN2C(=O)c2cc3ccccc3o2)CC1. The largest absolute Gasteiger partial charge is 0.451 e. The van der Waals surface area contributed by atoms with Gasteiger partial charge in [-0.15, -0.1) is 0 Å². The molecular formula is C21H20F6N2O4. The average Bonchev–Trinajstić information content (AvgIpc) is 3.34. The van der Waals surface area contributed by atoms with Crippen LogP contribution in [0, 0.1) is 0 Å². The second kappa shape index (κ2) is 8.14. The molecule has 2 saturated heterocycles. The molecule has 1 aromatic heterocycles. The van der Waals surface area contributed by atoms with Gasteiger partial charge in [0.05, 0.1) is 0 Å². The number of carbonyl (C=O) groups excluding carboxylic acids is 2. The highest BCUT2D eigenvalue weighted by Gasteiger charge is 2.60. The molecule has 1 aromatic carbocycles. The van der Waals surface area contributed by atoms with Gasteiger partial charge in [0, 0.05) is 30.6 Å². The molecule has 6 nitrogen and oxygen atoms in total. The lowest BCUT2D eigenvalue weighted by atomic mass is 9.85. The van der Waals surface area contributed by atoms with Crippen molar-refractivity contribution in [3.8, 4) is 0 Å². The van der Waals surface area contributed by atoms with Gasteiger partial charge in [0.25, 0.3) is 12.0 Å². The highest BCUT2D eigenvalue weighted by molar-refractivity contribution is 5.96. The number of alkyl halides is 6. The predicted octanol–water partition coefficient (Wildman–Crippen LogP) is 5.13. The van der Waals surface area contributed by atoms with Crippen LogP contribution in [0.1, 0.15) is 36.2 Å². The topological polar surface area (TPSA) is 63.0 Å². The number of para-hydroxylation sites is 1. The Hall–Kier alpha value is -2.92. The van der Waals surface area contributed by atoms with E-state index >= 15 is 0 Å². The summed E-state index contributed by atoms with van der Waals surface area (Å²) >= 11 is 0. The summed E-state index contributed by atoms with van der Waals surface area (Å²) < 4.78 is 85.6. The minimum Gasteiger partial charge on any atom is -0.451 e. The van der Waals surface area contributed by atoms with E-state index in [1.165, 1.54) is 0 Å². The van der Waals surface area contributed by atoms with Crippen LogP contribution < -0.4 is 0 Å². The number of nitrogens with zero attached hydrogens (tertiary/aromatic N) is 2. The van der Waals surface area contributed by atoms with Crippen molar-refractivity contribution in [3.63, 3.8) is 0 Å². The van der Waals surface area contributed by atoms with Gasteiger partial charge in [-0.25, -0.2) is 4.79 Å². The molecule has 2 amide bonds. The van der Waals surface area contributed by atoms with Gasteiger partial charge in [-0.3, -0.25) is 4.79 Å². The van der Waals surface area contributed by atoms with E-state index in [9.17, 15) is 35.9 Å². The van der Waals surface area contributed by atoms with Gasteiger partial charge in [0.1, 0.15) is 5.58 Å². The number of halogens is 6. The van der Waals surface area contributed by atoms with Crippen molar-refractivity contribution < 1.29 is 45.1 Å². The number of rotatable bonds is 2. The van der Waals surface area contributed by atoms with E-state index in [0.29, 0.717) is 25.0 Å². The van der Waals surface area contributed by atoms with Gasteiger partial charge >= 0.3 is 18.4 Å². The fourth-order valence-electron chi connectivity index (χ4n) is 4.60. The van der Waals surface area contributed by atoms with Crippen LogP contribution in [0.2, 0.25) is 0 Å². The number of hydrogen-bond acceptors (Lipinski definition) is 4. The van der Waals surface area contributed by atoms with Crippen LogP contribution in [-0.2, 0) is 4.74 Å². The second-order valence-corrected chi connectivity index (χ2v) is 8.27. The van der Waals surface area contributed by atoms with Crippen LogP contribution in [0.5, 0.6) is 0 Å². The van der Waals surface area contributed by atoms with E-state index in [-0.39, 0.29) is 37.6 Å². The summed E-state index contributed by atoms with van der Waals surface area (Å²) in [5.41, 5.74) is -0.101. The lowest BCUT2D eigenvalue weighted by molar-refractivity contribution is -0.308. The molecule has 0 N–H and O–H groups in total. The van der Waals surface area contributed by atoms with Gasteiger partial charge < -0.3 is 19.0 Å². The first kappa shape index (κ1) is 23.2. The summed E-state index contributed by atoms with van der Waals surface area (Å²) in [5.74, 6) is -0.188. The van der Waals surface area contributed by atoms with Crippen molar-refractivity contribution in [2.45, 2.75) is 49.7 Å². The Bertz CT molecular complexity index is 992. The zero-order chi connectivity index (χ0) is 24.0. The van der Waals surface area contributed by atoms with Crippen LogP contribution in [0.4, 0.5) is 31.1 Å². The number of fused-ring (bicyclic) bond motifs is 1. The molecule has 2 aromatic rings. The maximum absolute atomic E-state index is 13.1. The molecule has 0 radical (unpaired) electrons. The van der Waals surface area contributed by atoms with E-state index in [4.69, 9.17) is 4.42 Å². The van der Waals surface area contributed by atoms with Gasteiger partial charge in [-0.2, -0.15) is 26.3 Å². The Morgan fingerprint density at radius 2 is 1.61 bits per heavy atom. The molecule has 12 heteroatoms. The van der Waals surface area contributed by atoms with Crippen LogP contribution in [0.3, 0.4) is 0 Å². The number of amides is 2. The van der Waals surface area contributed by atoms with Crippen molar-refractivity contribution in [1.82, 2.24) is 9.80 Å². The molecule has 180 valence electrons. The van der Waals surface area contributed by atoms with Crippen LogP contribution >= 0.6 is 0 Å². The summed E-state index contributed by atoms with van der Waals surface area (Å²) in [6, 6.07) is 8.74. The number of likely N-dealkylation sites (tertiary alicyclic amines) is 2. The Labute approximate surface area is 184 Å². The van der Waals surface area contributed by atoms with E-state index in [2.05, 4.69) is 4.74 Å². The normalized spacial score (nSPS) is 19.0. The van der Waals surface area contributed by atoms with E-state index < -0.39 is 30.1 Å². The van der Waals surface area contributed by atoms with Crippen molar-refractivity contribution in [2.75, 3.05) is 19.6 Å². The molecule has 2 aliphatic rings. The van der Waals surface area contributed by atoms with Gasteiger partial charge in [0.15, 0.2) is 5.76 Å². The molecule has 3 heterocycles. The molecule has 33 heavy (non-hydrogen) atoms. The van der Waals surface area contributed by atoms with Crippen LogP contribution in [0.15, 0.2) is 34.7 Å². The Morgan fingerprint density at radius 3 is 2.21 bits per heavy atom. The molecule has 0 saturated carbocycles. The fourth-order valence-corrected chi connectivity index (χ4v) is 4.60. The number of hydrogen-bond donors (Lipinski definition) is 0. The maximum atomic E-state index is 13.1. The summed E-state index contributed by atoms with van der Waals surface area (Å²) in [5, 5.41) is 0.760. The zero-order valence-corrected chi connectivity index (χ0v) is 17.2. The molecule has 0 atom stereocenters. The monoisotopic (exact) mass is 478 g/mol. The third kappa shape index (κ3) is 4.47. The van der Waals surface area contributed by atoms with E-state index in [1.54, 1.807) is 35.2 Å². The lowest BCUT2D eigenvalue weighted by Crippen LogP contribution is -2.56. The minimum atomic E-state index is -5.77. The van der Waals surface area contributed by atoms with Crippen molar-refractivity contribution in [1.29, 1.82) is 0 Å². The molecule has 1 spiro atoms. The predicted molar refractivity (Wildman–Crippen MR) is 102 cm³/mol. The van der Waals surface area contributed by atoms with Gasteiger partial charge in [-0.05, 0) is 37.8 Å². The third-order valence-corrected chi connectivity index (χ3v) is 6.24. The molecule has 0 bridgehead atoms. The van der Waals surface area contributed by atoms with E-state index in [0.717, 1.165) is 10.3 Å². The number of benzene rings is 1. The average molecular weight is 478 g/mol. The second-order valence-electron chi connectivity index (χ2n) is 8.27. The molecule has 2 fully saturated rings. The third-order valence-electron chi connectivity index (χ3n) is 6.24. The molecular weight excluding hydrogens is 458 g/mol. The summed E-state index contributed by atoms with van der Waals surface area (Å²) in [6.45, 7) is 0.168. The van der Waals surface area contributed by atoms with Crippen molar-refractivity contribution in [3.05, 3.63) is 36.1 Å². The quantitative estimate of drug-likeness (QED) is 0.562. The van der Waals surface area contributed by atoms with Crippen LogP contribution in [0.25, 0.3) is 11.0 Å². The van der Waals surface area contributed by atoms with Crippen molar-refractivity contribution in [2.24, 2.45) is 0 Å². The zero-order valence-electron chi connectivity index (χ0n) is 17.2. The summed E-state index contributed by atoms with van der Waals surface area (Å²) in [4.78, 5) is 27.7. The number of carbonyl (C=O) groups is 2. The molecule has 0 unspecified atom stereocenters. The number of ether oxygens (including phenoxy) is 1. The molecule has 0 aliphatic carbocycles. The Morgan fingerprint density at radius 1 is 0.970 bits per heavy atom. The smallest absolute Gasteiger partial charge is 0.434 e. The van der Waals surface area contributed by atoms with E-state index in [1.807, 2.05) is 0 Å². The summed E-state index contributed by atoms with van der Waals surface area (Å²) in [6.07, 6.45) is -15.7. The Balaban J connectivity index is 1.44. The molecule has 2 aliphatic heterocycles. The lowest BCUT2D eigenvalue weighted by Gasteiger charge is -2.44. The first-order valence-corrected chi connectivity index (χ1v) is 10.3. The van der Waals surface area contributed by atoms with Crippen LogP contribution in [-0.4, -0.2) is 65.4 Å². The first-order valence-electron chi connectivity index (χ1n) is 10.3. The number of piperidine rings is 1. The summed E-state index contributed by atoms with van der Waals surface area (Å²) in [7, 11) is 0. The Kier molecular flexibility index (Phi) is 5.73. The first-order chi connectivity index (χ1) is 15.4. The minimum absolute atomic E-state index is 0.134. The van der Waals surface area contributed by atoms with Gasteiger partial charge in [0.2, 0.25) is 0 Å². The molecule has 4 rings (SSSR count). The fraction of sp³-hybridized carbons (Fsp3) is 0.524. The van der Waals surface area contributed by atoms with Crippen molar-refractivity contribution >= 4 is 23.0 Å². The highest BCUT2D eigenvalue weighted by atomic mass is 19.4. The van der Waals surface area contributed by atoms with Gasteiger partial charge in [-0.1, -0.05) is 18.2 Å². The standard InChI is InChI=1S/C21H20F6N2O4/c22-20(23,24)17(21(25,26)27)33-18(31)28-10-7-19(8-11-28)6-3-9-29(19)16(30)15-12-13-4-1-2-5-14(13)32-15/h1-2,4-5,12,17H,3,6-11H2.